The maximum absolute atomic E-state index is 13.0. The van der Waals surface area contributed by atoms with Gasteiger partial charge in [0.15, 0.2) is 0 Å². The highest BCUT2D eigenvalue weighted by molar-refractivity contribution is 6.29. The van der Waals surface area contributed by atoms with Gasteiger partial charge in [0.05, 0.1) is 19.0 Å². The monoisotopic (exact) mass is 1790 g/mol. The van der Waals surface area contributed by atoms with E-state index in [1.165, 1.54) is 5.56 Å². The van der Waals surface area contributed by atoms with Gasteiger partial charge in [0, 0.05) is 201 Å². The predicted molar refractivity (Wildman–Crippen MR) is 516 cm³/mol. The minimum atomic E-state index is -0.499. The van der Waals surface area contributed by atoms with Crippen molar-refractivity contribution in [2.75, 3.05) is 106 Å². The second-order valence-corrected chi connectivity index (χ2v) is 32.9. The molecule has 0 radical (unpaired) electrons. The highest BCUT2D eigenvalue weighted by atomic mass is 35.5. The van der Waals surface area contributed by atoms with Crippen molar-refractivity contribution in [1.82, 2.24) is 40.3 Å². The number of alkyl carbamates (subject to hydrolysis) is 2. The Morgan fingerprint density at radius 3 is 1.08 bits per heavy atom. The van der Waals surface area contributed by atoms with Gasteiger partial charge in [-0.05, 0) is 243 Å². The first-order chi connectivity index (χ1) is 59.4. The fraction of sp³-hybridized carbons (Fsp3) is 0.309. The van der Waals surface area contributed by atoms with E-state index in [4.69, 9.17) is 32.5 Å². The molecule has 0 spiro atoms. The van der Waals surface area contributed by atoms with Crippen LogP contribution in [0.1, 0.15) is 128 Å². The molecule has 6 aromatic carbocycles. The van der Waals surface area contributed by atoms with Crippen LogP contribution in [-0.4, -0.2) is 167 Å². The molecule has 11 N–H and O–H groups in total. The van der Waals surface area contributed by atoms with E-state index < -0.39 is 11.2 Å². The molecule has 5 amide bonds. The number of nitrogens with two attached hydrogens (primary N) is 2. The lowest BCUT2D eigenvalue weighted by Gasteiger charge is -2.32. The standard InChI is InChI=1S/C33H39N7O3.C28H31N7O.C23H29ClN4O3.C10H11N3.3ClH/c1-33(2,3)43-32(42)38-26-13-18-39(19-14-26)22-24-8-10-25(11-9-24)31(41)37-28-12-16-35-30(21-28)36-27-6-4-7-29(20-27)40-17-5-15-34-23-40;29-23-10-15-34(16-11-23)19-21-5-7-22(8-6-21)28(36)33-25-9-13-31-27(18-25)32-24-3-1-4-26(17-24)35-14-2-12-30-20-35;1-23(2,3)31-22(30)27-18-9-12-28(13-10-18)15-16-4-6-17(7-5-16)21(29)26-19-8-11-25-20(24)14-19;11-9-3-1-4-10(7-9)13-6-2-5-12-8-13;;;/h4-12,15-16,20-21,23,26H,13-14,17-19,22H2,1-3H3,(H,38,42)(H2,35,36,37,41);1-9,12-13,17-18,20,23H,10-11,14-16,19,29H2,(H2,31,32,33,36);4-8,11,14,18H,9-10,12-13,15H2,1-3H3,(H,27,30)(H,25,26,29);1-5,7-8H,6,11H2;3*1H. The van der Waals surface area contributed by atoms with Crippen LogP contribution in [0.4, 0.5) is 72.4 Å². The molecule has 0 unspecified atom stereocenters. The van der Waals surface area contributed by atoms with Crippen molar-refractivity contribution in [3.8, 4) is 0 Å². The van der Waals surface area contributed by atoms with Crippen molar-refractivity contribution in [2.45, 2.75) is 129 Å². The number of likely N-dealkylation sites (tertiary alicyclic amines) is 3. The highest BCUT2D eigenvalue weighted by Gasteiger charge is 2.27. The van der Waals surface area contributed by atoms with Gasteiger partial charge in [0.25, 0.3) is 17.7 Å². The Bertz CT molecular complexity index is 5220. The maximum atomic E-state index is 13.0. The molecule has 6 aliphatic heterocycles. The number of amides is 5. The van der Waals surface area contributed by atoms with Gasteiger partial charge in [0.1, 0.15) is 28.0 Å². The number of rotatable bonds is 21. The highest BCUT2D eigenvalue weighted by Crippen LogP contribution is 2.29. The summed E-state index contributed by atoms with van der Waals surface area (Å²) in [7, 11) is 0. The van der Waals surface area contributed by atoms with Crippen LogP contribution in [0, 0.1) is 0 Å². The minimum absolute atomic E-state index is 0. The first-order valence-corrected chi connectivity index (χ1v) is 41.8. The summed E-state index contributed by atoms with van der Waals surface area (Å²) in [6, 6.07) is 58.0. The number of ether oxygens (including phenoxy) is 2. The summed E-state index contributed by atoms with van der Waals surface area (Å²) < 4.78 is 10.7. The van der Waals surface area contributed by atoms with Gasteiger partial charge in [-0.15, -0.1) is 37.2 Å². The lowest BCUT2D eigenvalue weighted by atomic mass is 10.0. The molecular formula is C94H113Cl4N21O7. The molecule has 0 saturated carbocycles. The maximum Gasteiger partial charge on any atom is 0.407 e. The molecule has 0 bridgehead atoms. The minimum Gasteiger partial charge on any atom is -0.444 e. The molecule has 3 aromatic heterocycles. The SMILES string of the molecule is CC(C)(C)OC(=O)NC1CCN(Cc2ccc(C(=O)Nc3ccnc(Cl)c3)cc2)CC1.CC(C)(C)OC(=O)NC1CCN(Cc2ccc(C(=O)Nc3ccnc(Nc4cccc(N5C=NC=CC5)c4)c3)cc2)CC1.Cl.Cl.Cl.NC1CCN(Cc2ccc(C(=O)Nc3ccnc(Nc4cccc(N5C=NC=CC5)c4)c3)cc2)CC1.Nc1cccc(N2C=NC=CC2)c1. The molecule has 9 aromatic rings. The van der Waals surface area contributed by atoms with Crippen molar-refractivity contribution in [3.63, 3.8) is 0 Å². The summed E-state index contributed by atoms with van der Waals surface area (Å²) in [5, 5.41) is 21.7. The summed E-state index contributed by atoms with van der Waals surface area (Å²) >= 11 is 5.85. The van der Waals surface area contributed by atoms with Crippen LogP contribution in [0.15, 0.2) is 252 Å². The largest absolute Gasteiger partial charge is 0.444 e. The smallest absolute Gasteiger partial charge is 0.407 e. The third-order valence-corrected chi connectivity index (χ3v) is 20.5. The van der Waals surface area contributed by atoms with Gasteiger partial charge in [-0.25, -0.2) is 39.5 Å². The van der Waals surface area contributed by atoms with Crippen molar-refractivity contribution in [2.24, 2.45) is 20.7 Å². The number of nitrogens with zero attached hydrogens (tertiary/aromatic N) is 12. The number of nitrogen functional groups attached to an aromatic ring is 1. The first-order valence-electron chi connectivity index (χ1n) is 41.5. The molecular weight excluding hydrogens is 1680 g/mol. The Hall–Kier alpha value is -12.3. The number of piperidine rings is 3. The lowest BCUT2D eigenvalue weighted by molar-refractivity contribution is 0.0465. The van der Waals surface area contributed by atoms with Gasteiger partial charge in [-0.3, -0.25) is 29.1 Å². The number of hydrogen-bond donors (Lipinski definition) is 9. The van der Waals surface area contributed by atoms with Crippen LogP contribution in [-0.2, 0) is 29.1 Å². The van der Waals surface area contributed by atoms with E-state index in [-0.39, 0.29) is 79.2 Å². The van der Waals surface area contributed by atoms with Crippen LogP contribution in [0.5, 0.6) is 0 Å². The normalized spacial score (nSPS) is 15.3. The fourth-order valence-electron chi connectivity index (χ4n) is 14.0. The second-order valence-electron chi connectivity index (χ2n) is 32.5. The van der Waals surface area contributed by atoms with Crippen LogP contribution in [0.25, 0.3) is 0 Å². The van der Waals surface area contributed by atoms with Gasteiger partial charge in [-0.1, -0.05) is 66.2 Å². The number of carbonyl (C=O) groups is 5. The van der Waals surface area contributed by atoms with Gasteiger partial charge < -0.3 is 72.9 Å². The average Bonchev–Trinajstić information content (AvgIpc) is 0.848. The quantitative estimate of drug-likeness (QED) is 0.0238. The van der Waals surface area contributed by atoms with Crippen LogP contribution in [0.3, 0.4) is 0 Å². The number of carbonyl (C=O) groups excluding carboxylic acids is 5. The number of nitrogens with one attached hydrogen (secondary N) is 7. The Morgan fingerprint density at radius 1 is 0.413 bits per heavy atom. The number of halogens is 4. The number of anilines is 11. The molecule has 126 heavy (non-hydrogen) atoms. The van der Waals surface area contributed by atoms with Gasteiger partial charge in [-0.2, -0.15) is 0 Å². The molecule has 0 aliphatic carbocycles. The molecule has 3 fully saturated rings. The molecule has 6 aliphatic rings. The average molecular weight is 1790 g/mol. The molecule has 32 heteroatoms. The number of hydrogen-bond acceptors (Lipinski definition) is 23. The van der Waals surface area contributed by atoms with Gasteiger partial charge >= 0.3 is 12.2 Å². The summed E-state index contributed by atoms with van der Waals surface area (Å²) in [6.45, 7) is 21.7. The molecule has 9 heterocycles. The van der Waals surface area contributed by atoms with E-state index in [1.54, 1.807) is 74.1 Å². The molecule has 3 saturated heterocycles. The summed E-state index contributed by atoms with van der Waals surface area (Å²) in [5.41, 5.74) is 23.6. The van der Waals surface area contributed by atoms with Gasteiger partial charge in [0.2, 0.25) is 0 Å². The van der Waals surface area contributed by atoms with Crippen LogP contribution < -0.4 is 63.4 Å². The fourth-order valence-corrected chi connectivity index (χ4v) is 14.2. The Kier molecular flexibility index (Phi) is 37.4. The third kappa shape index (κ3) is 32.4. The molecule has 0 atom stereocenters. The van der Waals surface area contributed by atoms with E-state index in [0.717, 1.165) is 162 Å². The van der Waals surface area contributed by atoms with Crippen molar-refractivity contribution >= 4 is 161 Å². The summed E-state index contributed by atoms with van der Waals surface area (Å²) in [6.07, 6.45) is 26.6. The zero-order valence-corrected chi connectivity index (χ0v) is 74.9. The van der Waals surface area contributed by atoms with Crippen molar-refractivity contribution in [1.29, 1.82) is 0 Å². The van der Waals surface area contributed by atoms with Crippen molar-refractivity contribution in [3.05, 3.63) is 276 Å². The lowest BCUT2D eigenvalue weighted by Crippen LogP contribution is -2.45. The Balaban J connectivity index is 0.000000199. The van der Waals surface area contributed by atoms with E-state index >= 15 is 0 Å². The predicted octanol–water partition coefficient (Wildman–Crippen LogP) is 17.7. The molecule has 15 rings (SSSR count). The zero-order valence-electron chi connectivity index (χ0n) is 71.7. The van der Waals surface area contributed by atoms with Crippen LogP contribution >= 0.6 is 48.8 Å². The van der Waals surface area contributed by atoms with Crippen LogP contribution in [0.2, 0.25) is 5.15 Å². The van der Waals surface area contributed by atoms with E-state index in [0.29, 0.717) is 56.6 Å². The molecule has 664 valence electrons. The van der Waals surface area contributed by atoms with E-state index in [2.05, 4.69) is 91.6 Å². The van der Waals surface area contributed by atoms with Crippen molar-refractivity contribution < 1.29 is 33.4 Å². The topological polar surface area (TPSA) is 335 Å². The number of aromatic nitrogens is 3. The number of aliphatic imine (C=N–C) groups is 3. The number of pyridine rings is 3. The number of benzene rings is 6. The summed E-state index contributed by atoms with van der Waals surface area (Å²) in [4.78, 5) is 101. The Morgan fingerprint density at radius 2 is 0.746 bits per heavy atom. The zero-order chi connectivity index (χ0) is 86.5. The first kappa shape index (κ1) is 97.6. The van der Waals surface area contributed by atoms with E-state index in [9.17, 15) is 24.0 Å². The Labute approximate surface area is 761 Å². The van der Waals surface area contributed by atoms with E-state index in [1.807, 2.05) is 229 Å². The third-order valence-electron chi connectivity index (χ3n) is 20.3. The second kappa shape index (κ2) is 48.3. The molecule has 28 nitrogen and oxygen atoms in total. The summed E-state index contributed by atoms with van der Waals surface area (Å²) in [5.74, 6) is 0.749.